The molecule has 0 spiro atoms. The van der Waals surface area contributed by atoms with E-state index in [4.69, 9.17) is 23.2 Å². The van der Waals surface area contributed by atoms with Gasteiger partial charge >= 0.3 is 0 Å². The van der Waals surface area contributed by atoms with Crippen LogP contribution in [0.3, 0.4) is 0 Å². The number of rotatable bonds is 3. The third kappa shape index (κ3) is 3.50. The number of fused-ring (bicyclic) bond motifs is 1. The van der Waals surface area contributed by atoms with Crippen LogP contribution in [0.1, 0.15) is 22.6 Å². The van der Waals surface area contributed by atoms with Gasteiger partial charge < -0.3 is 0 Å². The zero-order valence-corrected chi connectivity index (χ0v) is 16.8. The van der Waals surface area contributed by atoms with Gasteiger partial charge in [0.2, 0.25) is 0 Å². The molecule has 0 fully saturated rings. The van der Waals surface area contributed by atoms with Crippen molar-refractivity contribution in [2.75, 3.05) is 0 Å². The van der Waals surface area contributed by atoms with Crippen LogP contribution in [-0.4, -0.2) is 4.98 Å². The van der Waals surface area contributed by atoms with Crippen molar-refractivity contribution in [1.29, 1.82) is 0 Å². The first-order chi connectivity index (χ1) is 12.6. The molecule has 4 aromatic rings. The predicted octanol–water partition coefficient (Wildman–Crippen LogP) is 7.48. The van der Waals surface area contributed by atoms with Crippen molar-refractivity contribution in [1.82, 2.24) is 4.98 Å². The molecule has 0 bridgehead atoms. The second-order valence-corrected chi connectivity index (χ2v) is 7.89. The molecule has 0 unspecified atom stereocenters. The molecule has 0 saturated heterocycles. The Morgan fingerprint density at radius 2 is 1.35 bits per heavy atom. The molecule has 0 radical (unpaired) electrons. The van der Waals surface area contributed by atoms with Crippen molar-refractivity contribution in [3.8, 4) is 0 Å². The number of hydrogen-bond acceptors (Lipinski definition) is 1. The van der Waals surface area contributed by atoms with Crippen LogP contribution in [0.4, 0.5) is 0 Å². The number of benzene rings is 3. The van der Waals surface area contributed by atoms with Gasteiger partial charge in [0.1, 0.15) is 0 Å². The molecule has 128 valence electrons. The van der Waals surface area contributed by atoms with Crippen LogP contribution in [0.5, 0.6) is 0 Å². The third-order valence-electron chi connectivity index (χ3n) is 4.42. The topological polar surface area (TPSA) is 12.9 Å². The van der Waals surface area contributed by atoms with Gasteiger partial charge in [0.25, 0.3) is 0 Å². The lowest BCUT2D eigenvalue weighted by atomic mass is 9.84. The highest BCUT2D eigenvalue weighted by atomic mass is 79.9. The van der Waals surface area contributed by atoms with E-state index < -0.39 is 0 Å². The number of hydrogen-bond donors (Lipinski definition) is 0. The molecule has 26 heavy (non-hydrogen) atoms. The Labute approximate surface area is 170 Å². The smallest absolute Gasteiger partial charge is 0.0744 e. The summed E-state index contributed by atoms with van der Waals surface area (Å²) in [6, 6.07) is 24.2. The van der Waals surface area contributed by atoms with Crippen LogP contribution in [0, 0.1) is 0 Å². The summed E-state index contributed by atoms with van der Waals surface area (Å²) >= 11 is 15.9. The van der Waals surface area contributed by atoms with Crippen molar-refractivity contribution in [2.45, 2.75) is 5.92 Å². The van der Waals surface area contributed by atoms with E-state index in [9.17, 15) is 0 Å². The van der Waals surface area contributed by atoms with Gasteiger partial charge in [0, 0.05) is 32.0 Å². The first-order valence-corrected chi connectivity index (χ1v) is 9.72. The average Bonchev–Trinajstić information content (AvgIpc) is 2.65. The minimum Gasteiger partial charge on any atom is -0.256 e. The van der Waals surface area contributed by atoms with Crippen molar-refractivity contribution in [2.24, 2.45) is 0 Å². The van der Waals surface area contributed by atoms with E-state index in [1.165, 1.54) is 0 Å². The molecular formula is C22H14BrCl2N. The summed E-state index contributed by atoms with van der Waals surface area (Å²) < 4.78 is 1.03. The zero-order valence-electron chi connectivity index (χ0n) is 13.7. The van der Waals surface area contributed by atoms with E-state index in [1.807, 2.05) is 36.5 Å². The van der Waals surface area contributed by atoms with E-state index in [2.05, 4.69) is 63.4 Å². The Bertz CT molecular complexity index is 1010. The molecule has 0 aliphatic rings. The molecule has 3 aromatic carbocycles. The molecule has 0 aliphatic carbocycles. The molecule has 1 nitrogen and oxygen atoms in total. The highest BCUT2D eigenvalue weighted by Gasteiger charge is 2.20. The van der Waals surface area contributed by atoms with Crippen molar-refractivity contribution >= 4 is 50.0 Å². The number of halogens is 3. The Kier molecular flexibility index (Phi) is 4.99. The molecule has 0 N–H and O–H groups in total. The lowest BCUT2D eigenvalue weighted by Gasteiger charge is -2.21. The van der Waals surface area contributed by atoms with Crippen LogP contribution < -0.4 is 0 Å². The Hall–Kier alpha value is -1.87. The highest BCUT2D eigenvalue weighted by molar-refractivity contribution is 9.10. The monoisotopic (exact) mass is 441 g/mol. The van der Waals surface area contributed by atoms with Crippen LogP contribution in [0.2, 0.25) is 10.0 Å². The molecule has 1 heterocycles. The standard InChI is InChI=1S/C22H14BrCl2N/c23-17-12-16-2-1-11-26-22(16)20(13-17)21(14-3-7-18(24)8-4-14)15-5-9-19(25)10-6-15/h1-13,21H. The highest BCUT2D eigenvalue weighted by Crippen LogP contribution is 2.37. The van der Waals surface area contributed by atoms with Crippen molar-refractivity contribution < 1.29 is 0 Å². The van der Waals surface area contributed by atoms with Gasteiger partial charge in [-0.15, -0.1) is 0 Å². The minimum atomic E-state index is 0.0273. The van der Waals surface area contributed by atoms with Gasteiger partial charge in [0.15, 0.2) is 0 Å². The zero-order chi connectivity index (χ0) is 18.1. The fourth-order valence-electron chi connectivity index (χ4n) is 3.26. The summed E-state index contributed by atoms with van der Waals surface area (Å²) in [7, 11) is 0. The summed E-state index contributed by atoms with van der Waals surface area (Å²) in [5.41, 5.74) is 4.44. The summed E-state index contributed by atoms with van der Waals surface area (Å²) in [5.74, 6) is 0.0273. The Balaban J connectivity index is 1.99. The van der Waals surface area contributed by atoms with Gasteiger partial charge in [-0.1, -0.05) is 69.5 Å². The molecule has 0 saturated carbocycles. The minimum absolute atomic E-state index is 0.0273. The fraction of sp³-hybridized carbons (Fsp3) is 0.0455. The van der Waals surface area contributed by atoms with Gasteiger partial charge in [-0.3, -0.25) is 4.98 Å². The quantitative estimate of drug-likeness (QED) is 0.299. The normalized spacial score (nSPS) is 11.2. The molecule has 4 rings (SSSR count). The summed E-state index contributed by atoms with van der Waals surface area (Å²) in [6.45, 7) is 0. The molecule has 4 heteroatoms. The van der Waals surface area contributed by atoms with Gasteiger partial charge in [0.05, 0.1) is 5.52 Å². The largest absolute Gasteiger partial charge is 0.256 e. The lowest BCUT2D eigenvalue weighted by molar-refractivity contribution is 0.982. The predicted molar refractivity (Wildman–Crippen MR) is 113 cm³/mol. The van der Waals surface area contributed by atoms with Crippen LogP contribution in [0.25, 0.3) is 10.9 Å². The van der Waals surface area contributed by atoms with Gasteiger partial charge in [-0.05, 0) is 59.2 Å². The third-order valence-corrected chi connectivity index (χ3v) is 5.38. The first kappa shape index (κ1) is 17.5. The average molecular weight is 443 g/mol. The van der Waals surface area contributed by atoms with Crippen LogP contribution in [0.15, 0.2) is 83.5 Å². The summed E-state index contributed by atoms with van der Waals surface area (Å²) in [6.07, 6.45) is 1.83. The Morgan fingerprint density at radius 1 is 0.769 bits per heavy atom. The second-order valence-electron chi connectivity index (χ2n) is 6.11. The SMILES string of the molecule is Clc1ccc(C(c2ccc(Cl)cc2)c2cc(Br)cc3cccnc23)cc1. The maximum Gasteiger partial charge on any atom is 0.0744 e. The molecule has 0 atom stereocenters. The van der Waals surface area contributed by atoms with E-state index in [1.54, 1.807) is 0 Å². The number of nitrogens with zero attached hydrogens (tertiary/aromatic N) is 1. The maximum atomic E-state index is 6.11. The van der Waals surface area contributed by atoms with Crippen LogP contribution in [-0.2, 0) is 0 Å². The molecule has 0 amide bonds. The molecular weight excluding hydrogens is 429 g/mol. The second kappa shape index (κ2) is 7.40. The van der Waals surface area contributed by atoms with Crippen molar-refractivity contribution in [3.63, 3.8) is 0 Å². The lowest BCUT2D eigenvalue weighted by Crippen LogP contribution is -2.05. The van der Waals surface area contributed by atoms with Crippen LogP contribution >= 0.6 is 39.1 Å². The maximum absolute atomic E-state index is 6.11. The van der Waals surface area contributed by atoms with Crippen molar-refractivity contribution in [3.05, 3.63) is 110 Å². The first-order valence-electron chi connectivity index (χ1n) is 8.17. The van der Waals surface area contributed by atoms with E-state index >= 15 is 0 Å². The molecule has 1 aromatic heterocycles. The van der Waals surface area contributed by atoms with E-state index in [0.717, 1.165) is 42.1 Å². The summed E-state index contributed by atoms with van der Waals surface area (Å²) in [4.78, 5) is 4.66. The van der Waals surface area contributed by atoms with Gasteiger partial charge in [-0.2, -0.15) is 0 Å². The van der Waals surface area contributed by atoms with E-state index in [-0.39, 0.29) is 5.92 Å². The summed E-state index contributed by atoms with van der Waals surface area (Å²) in [5, 5.41) is 2.55. The van der Waals surface area contributed by atoms with Gasteiger partial charge in [-0.25, -0.2) is 0 Å². The van der Waals surface area contributed by atoms with E-state index in [0.29, 0.717) is 0 Å². The number of aromatic nitrogens is 1. The Morgan fingerprint density at radius 3 is 1.92 bits per heavy atom. The fourth-order valence-corrected chi connectivity index (χ4v) is 4.01. The number of pyridine rings is 1. The molecule has 0 aliphatic heterocycles.